The summed E-state index contributed by atoms with van der Waals surface area (Å²) in [6.07, 6.45) is 2.27. The Bertz CT molecular complexity index is 1050. The van der Waals surface area contributed by atoms with E-state index < -0.39 is 10.8 Å². The van der Waals surface area contributed by atoms with Crippen molar-refractivity contribution in [2.75, 3.05) is 20.3 Å². The first-order valence-corrected chi connectivity index (χ1v) is 9.15. The molecule has 0 radical (unpaired) electrons. The van der Waals surface area contributed by atoms with E-state index in [2.05, 4.69) is 10.3 Å². The number of ether oxygens (including phenoxy) is 2. The minimum Gasteiger partial charge on any atom is -0.493 e. The Hall–Kier alpha value is -3.68. The minimum absolute atomic E-state index is 0.0738. The molecule has 0 fully saturated rings. The van der Waals surface area contributed by atoms with E-state index in [-0.39, 0.29) is 22.7 Å². The van der Waals surface area contributed by atoms with Crippen molar-refractivity contribution in [3.05, 3.63) is 69.9 Å². The Morgan fingerprint density at radius 2 is 2.00 bits per heavy atom. The molecule has 0 bridgehead atoms. The largest absolute Gasteiger partial charge is 0.493 e. The Morgan fingerprint density at radius 3 is 2.72 bits per heavy atom. The summed E-state index contributed by atoms with van der Waals surface area (Å²) in [5, 5.41) is 15.2. The number of nitro benzene ring substituents is 1. The fourth-order valence-electron chi connectivity index (χ4n) is 3.09. The Balaban J connectivity index is 1.79. The zero-order valence-electron chi connectivity index (χ0n) is 16.2. The van der Waals surface area contributed by atoms with Gasteiger partial charge in [-0.2, -0.15) is 0 Å². The van der Waals surface area contributed by atoms with Crippen molar-refractivity contribution >= 4 is 22.5 Å². The van der Waals surface area contributed by atoms with Gasteiger partial charge in [0, 0.05) is 24.2 Å². The molecule has 29 heavy (non-hydrogen) atoms. The lowest BCUT2D eigenvalue weighted by Gasteiger charge is -2.12. The first-order chi connectivity index (χ1) is 14.0. The molecule has 0 atom stereocenters. The predicted octanol–water partition coefficient (Wildman–Crippen LogP) is 3.52. The van der Waals surface area contributed by atoms with Gasteiger partial charge in [-0.15, -0.1) is 0 Å². The molecule has 1 aromatic heterocycles. The predicted molar refractivity (Wildman–Crippen MR) is 109 cm³/mol. The number of amides is 1. The monoisotopic (exact) mass is 395 g/mol. The summed E-state index contributed by atoms with van der Waals surface area (Å²) >= 11 is 0. The maximum absolute atomic E-state index is 12.7. The molecule has 0 spiro atoms. The smallest absolute Gasteiger partial charge is 0.286 e. The summed E-state index contributed by atoms with van der Waals surface area (Å²) in [5.74, 6) is -0.0607. The lowest BCUT2D eigenvalue weighted by atomic mass is 10.1. The number of nitrogens with one attached hydrogen (secondary N) is 1. The molecular weight excluding hydrogens is 374 g/mol. The van der Waals surface area contributed by atoms with Crippen LogP contribution in [-0.4, -0.2) is 36.1 Å². The van der Waals surface area contributed by atoms with Crippen LogP contribution in [0.5, 0.6) is 11.5 Å². The van der Waals surface area contributed by atoms with E-state index in [0.717, 1.165) is 16.5 Å². The fraction of sp³-hybridized carbons (Fsp3) is 0.238. The lowest BCUT2D eigenvalue weighted by molar-refractivity contribution is -0.385. The number of nitro groups is 1. The van der Waals surface area contributed by atoms with E-state index in [9.17, 15) is 14.9 Å². The van der Waals surface area contributed by atoms with Crippen LogP contribution in [-0.2, 0) is 6.42 Å². The Kier molecular flexibility index (Phi) is 6.23. The summed E-state index contributed by atoms with van der Waals surface area (Å²) < 4.78 is 10.6. The van der Waals surface area contributed by atoms with Crippen molar-refractivity contribution in [2.45, 2.75) is 13.3 Å². The van der Waals surface area contributed by atoms with Gasteiger partial charge in [-0.05, 0) is 25.0 Å². The molecule has 150 valence electrons. The van der Waals surface area contributed by atoms with Gasteiger partial charge in [0.15, 0.2) is 11.5 Å². The van der Waals surface area contributed by atoms with Gasteiger partial charge in [-0.25, -0.2) is 0 Å². The van der Waals surface area contributed by atoms with Crippen molar-refractivity contribution in [3.8, 4) is 11.5 Å². The normalized spacial score (nSPS) is 10.6. The van der Waals surface area contributed by atoms with Crippen molar-refractivity contribution in [3.63, 3.8) is 0 Å². The number of carbonyl (C=O) groups is 1. The molecule has 0 unspecified atom stereocenters. The van der Waals surface area contributed by atoms with Crippen molar-refractivity contribution in [1.29, 1.82) is 0 Å². The van der Waals surface area contributed by atoms with Crippen LogP contribution >= 0.6 is 0 Å². The van der Waals surface area contributed by atoms with Crippen molar-refractivity contribution in [2.24, 2.45) is 0 Å². The number of hydrogen-bond acceptors (Lipinski definition) is 6. The molecule has 0 aliphatic heterocycles. The number of hydrogen-bond donors (Lipinski definition) is 1. The second-order valence-electron chi connectivity index (χ2n) is 6.21. The topological polar surface area (TPSA) is 104 Å². The molecule has 8 heteroatoms. The number of para-hydroxylation sites is 1. The van der Waals surface area contributed by atoms with Crippen LogP contribution < -0.4 is 14.8 Å². The maximum Gasteiger partial charge on any atom is 0.286 e. The SMILES string of the molecule is CCOc1cc(C(=O)NCCc2cccc3cccnc23)c([N+](=O)[O-])cc1OC. The third-order valence-electron chi connectivity index (χ3n) is 4.42. The molecular formula is C21H21N3O5. The molecule has 0 saturated carbocycles. The molecule has 0 aliphatic carbocycles. The highest BCUT2D eigenvalue weighted by Crippen LogP contribution is 2.34. The quantitative estimate of drug-likeness (QED) is 0.462. The third kappa shape index (κ3) is 4.43. The van der Waals surface area contributed by atoms with Crippen LogP contribution in [0.15, 0.2) is 48.7 Å². The summed E-state index contributed by atoms with van der Waals surface area (Å²) in [4.78, 5) is 27.9. The highest BCUT2D eigenvalue weighted by Gasteiger charge is 2.24. The van der Waals surface area contributed by atoms with Crippen LogP contribution in [0.1, 0.15) is 22.8 Å². The van der Waals surface area contributed by atoms with Gasteiger partial charge >= 0.3 is 0 Å². The van der Waals surface area contributed by atoms with E-state index in [0.29, 0.717) is 19.6 Å². The molecule has 1 N–H and O–H groups in total. The van der Waals surface area contributed by atoms with Crippen LogP contribution in [0.4, 0.5) is 5.69 Å². The summed E-state index contributed by atoms with van der Waals surface area (Å²) in [6.45, 7) is 2.42. The van der Waals surface area contributed by atoms with Gasteiger partial charge in [0.25, 0.3) is 11.6 Å². The maximum atomic E-state index is 12.7. The fourth-order valence-corrected chi connectivity index (χ4v) is 3.09. The van der Waals surface area contributed by atoms with E-state index in [1.165, 1.54) is 19.2 Å². The Morgan fingerprint density at radius 1 is 1.21 bits per heavy atom. The number of methoxy groups -OCH3 is 1. The average molecular weight is 395 g/mol. The van der Waals surface area contributed by atoms with E-state index in [1.54, 1.807) is 13.1 Å². The van der Waals surface area contributed by atoms with Gasteiger partial charge in [0.1, 0.15) is 5.56 Å². The molecule has 8 nitrogen and oxygen atoms in total. The molecule has 1 heterocycles. The van der Waals surface area contributed by atoms with E-state index >= 15 is 0 Å². The van der Waals surface area contributed by atoms with Gasteiger partial charge < -0.3 is 14.8 Å². The highest BCUT2D eigenvalue weighted by atomic mass is 16.6. The lowest BCUT2D eigenvalue weighted by Crippen LogP contribution is -2.26. The number of rotatable bonds is 8. The van der Waals surface area contributed by atoms with E-state index in [4.69, 9.17) is 9.47 Å². The van der Waals surface area contributed by atoms with Crippen LogP contribution in [0.3, 0.4) is 0 Å². The van der Waals surface area contributed by atoms with Crippen LogP contribution in [0.25, 0.3) is 10.9 Å². The number of fused-ring (bicyclic) bond motifs is 1. The minimum atomic E-state index is -0.609. The van der Waals surface area contributed by atoms with Crippen LogP contribution in [0.2, 0.25) is 0 Å². The van der Waals surface area contributed by atoms with Gasteiger partial charge in [0.2, 0.25) is 0 Å². The van der Waals surface area contributed by atoms with Crippen molar-refractivity contribution < 1.29 is 19.2 Å². The summed E-state index contributed by atoms with van der Waals surface area (Å²) in [7, 11) is 1.39. The molecule has 0 saturated heterocycles. The van der Waals surface area contributed by atoms with Gasteiger partial charge in [0.05, 0.1) is 30.2 Å². The third-order valence-corrected chi connectivity index (χ3v) is 4.42. The van der Waals surface area contributed by atoms with Crippen molar-refractivity contribution in [1.82, 2.24) is 10.3 Å². The molecule has 0 aliphatic rings. The summed E-state index contributed by atoms with van der Waals surface area (Å²) in [5.41, 5.74) is 1.45. The zero-order chi connectivity index (χ0) is 20.8. The van der Waals surface area contributed by atoms with Crippen LogP contribution in [0, 0.1) is 10.1 Å². The number of benzene rings is 2. The second kappa shape index (κ2) is 9.01. The molecule has 3 aromatic rings. The highest BCUT2D eigenvalue weighted by molar-refractivity contribution is 5.99. The first kappa shape index (κ1) is 20.1. The second-order valence-corrected chi connectivity index (χ2v) is 6.21. The van der Waals surface area contributed by atoms with E-state index in [1.807, 2.05) is 30.3 Å². The number of aromatic nitrogens is 1. The number of carbonyl (C=O) groups excluding carboxylic acids is 1. The summed E-state index contributed by atoms with van der Waals surface area (Å²) in [6, 6.07) is 12.2. The Labute approximate surface area is 167 Å². The molecule has 1 amide bonds. The standard InChI is InChI=1S/C21H21N3O5/c1-3-29-19-12-16(17(24(26)27)13-18(19)28-2)21(25)23-11-9-15-7-4-6-14-8-5-10-22-20(14)15/h4-8,10,12-13H,3,9,11H2,1-2H3,(H,23,25). The van der Waals surface area contributed by atoms with Gasteiger partial charge in [-0.1, -0.05) is 24.3 Å². The number of pyridine rings is 1. The van der Waals surface area contributed by atoms with Gasteiger partial charge in [-0.3, -0.25) is 19.9 Å². The number of nitrogens with zero attached hydrogens (tertiary/aromatic N) is 2. The first-order valence-electron chi connectivity index (χ1n) is 9.15. The zero-order valence-corrected chi connectivity index (χ0v) is 16.2. The molecule has 2 aromatic carbocycles. The molecule has 3 rings (SSSR count). The average Bonchev–Trinajstić information content (AvgIpc) is 2.73.